The first-order valence-corrected chi connectivity index (χ1v) is 5.36. The lowest BCUT2D eigenvalue weighted by Crippen LogP contribution is -2.05. The fourth-order valence-electron chi connectivity index (χ4n) is 1.44. The normalized spacial score (nSPS) is 10.2. The van der Waals surface area contributed by atoms with Gasteiger partial charge in [0.1, 0.15) is 23.3 Å². The van der Waals surface area contributed by atoms with Crippen LogP contribution in [0.3, 0.4) is 0 Å². The maximum atomic E-state index is 13.4. The number of nitrogens with one attached hydrogen (secondary N) is 2. The van der Waals surface area contributed by atoms with Gasteiger partial charge in [-0.2, -0.15) is 0 Å². The molecule has 1 heterocycles. The Hall–Kier alpha value is -2.24. The van der Waals surface area contributed by atoms with Gasteiger partial charge < -0.3 is 10.6 Å². The Morgan fingerprint density at radius 3 is 2.72 bits per heavy atom. The average Bonchev–Trinajstić information content (AvgIpc) is 2.40. The van der Waals surface area contributed by atoms with Gasteiger partial charge in [-0.3, -0.25) is 4.98 Å². The smallest absolute Gasteiger partial charge is 0.147 e. The predicted molar refractivity (Wildman–Crippen MR) is 65.3 cm³/mol. The quantitative estimate of drug-likeness (QED) is 0.874. The third kappa shape index (κ3) is 2.91. The Morgan fingerprint density at radius 2 is 1.94 bits per heavy atom. The second kappa shape index (κ2) is 5.39. The van der Waals surface area contributed by atoms with Crippen LogP contribution in [-0.4, -0.2) is 17.0 Å². The van der Waals surface area contributed by atoms with Crippen molar-refractivity contribution in [2.45, 2.75) is 6.54 Å². The van der Waals surface area contributed by atoms with E-state index in [-0.39, 0.29) is 12.1 Å². The molecule has 2 N–H and O–H groups in total. The van der Waals surface area contributed by atoms with E-state index >= 15 is 0 Å². The van der Waals surface area contributed by atoms with Gasteiger partial charge in [-0.15, -0.1) is 0 Å². The minimum absolute atomic E-state index is 0.144. The molecule has 0 atom stereocenters. The second-order valence-corrected chi connectivity index (χ2v) is 3.63. The van der Waals surface area contributed by atoms with E-state index in [2.05, 4.69) is 20.6 Å². The highest BCUT2D eigenvalue weighted by atomic mass is 19.1. The van der Waals surface area contributed by atoms with Gasteiger partial charge >= 0.3 is 0 Å². The van der Waals surface area contributed by atoms with Crippen LogP contribution in [0, 0.1) is 11.6 Å². The molecule has 18 heavy (non-hydrogen) atoms. The van der Waals surface area contributed by atoms with Gasteiger partial charge in [0.25, 0.3) is 0 Å². The van der Waals surface area contributed by atoms with Crippen molar-refractivity contribution in [2.75, 3.05) is 17.7 Å². The number of rotatable bonds is 4. The first-order chi connectivity index (χ1) is 8.69. The molecular weight excluding hydrogens is 238 g/mol. The lowest BCUT2D eigenvalue weighted by molar-refractivity contribution is 0.587. The molecule has 0 aliphatic heterocycles. The van der Waals surface area contributed by atoms with Crippen LogP contribution in [0.5, 0.6) is 0 Å². The highest BCUT2D eigenvalue weighted by Gasteiger charge is 2.04. The van der Waals surface area contributed by atoms with E-state index in [9.17, 15) is 8.78 Å². The SMILES string of the molecule is CNc1cncc(NCc2cc(F)ccc2F)n1. The molecule has 0 saturated heterocycles. The summed E-state index contributed by atoms with van der Waals surface area (Å²) in [6.45, 7) is 0.144. The number of aromatic nitrogens is 2. The van der Waals surface area contributed by atoms with Crippen molar-refractivity contribution in [3.05, 3.63) is 47.8 Å². The number of benzene rings is 1. The molecule has 0 amide bonds. The lowest BCUT2D eigenvalue weighted by atomic mass is 10.2. The van der Waals surface area contributed by atoms with Gasteiger partial charge in [-0.05, 0) is 18.2 Å². The number of anilines is 2. The summed E-state index contributed by atoms with van der Waals surface area (Å²) in [6.07, 6.45) is 3.08. The summed E-state index contributed by atoms with van der Waals surface area (Å²) < 4.78 is 26.3. The standard InChI is InChI=1S/C12H12F2N4/c1-15-11-6-16-7-12(18-11)17-5-8-4-9(13)2-3-10(8)14/h2-4,6-7H,5H2,1H3,(H2,15,17,18). The minimum atomic E-state index is -0.469. The molecule has 0 aliphatic rings. The molecule has 2 rings (SSSR count). The van der Waals surface area contributed by atoms with Crippen LogP contribution in [0.25, 0.3) is 0 Å². The first-order valence-electron chi connectivity index (χ1n) is 5.36. The minimum Gasteiger partial charge on any atom is -0.372 e. The molecule has 0 radical (unpaired) electrons. The van der Waals surface area contributed by atoms with E-state index in [4.69, 9.17) is 0 Å². The maximum Gasteiger partial charge on any atom is 0.147 e. The van der Waals surface area contributed by atoms with E-state index in [1.807, 2.05) is 0 Å². The molecular formula is C12H12F2N4. The molecule has 0 aliphatic carbocycles. The first kappa shape index (κ1) is 12.2. The highest BCUT2D eigenvalue weighted by molar-refractivity contribution is 5.41. The van der Waals surface area contributed by atoms with Crippen molar-refractivity contribution in [3.8, 4) is 0 Å². The number of nitrogens with zero attached hydrogens (tertiary/aromatic N) is 2. The van der Waals surface area contributed by atoms with Crippen molar-refractivity contribution in [1.29, 1.82) is 0 Å². The van der Waals surface area contributed by atoms with Crippen LogP contribution in [0.1, 0.15) is 5.56 Å². The Morgan fingerprint density at radius 1 is 1.17 bits per heavy atom. The summed E-state index contributed by atoms with van der Waals surface area (Å²) in [5, 5.41) is 5.72. The lowest BCUT2D eigenvalue weighted by Gasteiger charge is -2.07. The number of hydrogen-bond acceptors (Lipinski definition) is 4. The van der Waals surface area contributed by atoms with E-state index in [0.29, 0.717) is 11.6 Å². The summed E-state index contributed by atoms with van der Waals surface area (Å²) in [7, 11) is 1.72. The third-order valence-electron chi connectivity index (χ3n) is 2.36. The molecule has 0 spiro atoms. The summed E-state index contributed by atoms with van der Waals surface area (Å²) >= 11 is 0. The van der Waals surface area contributed by atoms with Crippen molar-refractivity contribution in [3.63, 3.8) is 0 Å². The molecule has 6 heteroatoms. The van der Waals surface area contributed by atoms with Gasteiger partial charge in [0.2, 0.25) is 0 Å². The van der Waals surface area contributed by atoms with Gasteiger partial charge in [0.05, 0.1) is 12.4 Å². The van der Waals surface area contributed by atoms with Crippen LogP contribution >= 0.6 is 0 Å². The number of hydrogen-bond donors (Lipinski definition) is 2. The van der Waals surface area contributed by atoms with E-state index < -0.39 is 11.6 Å². The zero-order valence-electron chi connectivity index (χ0n) is 9.74. The molecule has 2 aromatic rings. The number of halogens is 2. The fraction of sp³-hybridized carbons (Fsp3) is 0.167. The van der Waals surface area contributed by atoms with Crippen molar-refractivity contribution < 1.29 is 8.78 Å². The fourth-order valence-corrected chi connectivity index (χ4v) is 1.44. The molecule has 4 nitrogen and oxygen atoms in total. The van der Waals surface area contributed by atoms with Crippen LogP contribution in [0.2, 0.25) is 0 Å². The summed E-state index contributed by atoms with van der Waals surface area (Å²) in [5.41, 5.74) is 0.242. The van der Waals surface area contributed by atoms with Crippen LogP contribution in [-0.2, 0) is 6.54 Å². The van der Waals surface area contributed by atoms with E-state index in [0.717, 1.165) is 18.2 Å². The second-order valence-electron chi connectivity index (χ2n) is 3.63. The molecule has 0 saturated carbocycles. The van der Waals surface area contributed by atoms with Gasteiger partial charge in [-0.25, -0.2) is 13.8 Å². The molecule has 0 unspecified atom stereocenters. The summed E-state index contributed by atoms with van der Waals surface area (Å²) in [5.74, 6) is 0.162. The van der Waals surface area contributed by atoms with Crippen molar-refractivity contribution in [1.82, 2.24) is 9.97 Å². The highest BCUT2D eigenvalue weighted by Crippen LogP contribution is 2.12. The van der Waals surface area contributed by atoms with Crippen molar-refractivity contribution in [2.24, 2.45) is 0 Å². The monoisotopic (exact) mass is 250 g/mol. The van der Waals surface area contributed by atoms with Gasteiger partial charge in [0, 0.05) is 19.2 Å². The Kier molecular flexibility index (Phi) is 3.66. The Labute approximate surface area is 103 Å². The van der Waals surface area contributed by atoms with Crippen molar-refractivity contribution >= 4 is 11.6 Å². The predicted octanol–water partition coefficient (Wildman–Crippen LogP) is 2.41. The summed E-state index contributed by atoms with van der Waals surface area (Å²) in [6, 6.07) is 3.33. The largest absolute Gasteiger partial charge is 0.372 e. The third-order valence-corrected chi connectivity index (χ3v) is 2.36. The van der Waals surface area contributed by atoms with E-state index in [1.165, 1.54) is 6.20 Å². The Bertz CT molecular complexity index is 545. The maximum absolute atomic E-state index is 13.4. The Balaban J connectivity index is 2.08. The van der Waals surface area contributed by atoms with Gasteiger partial charge in [0.15, 0.2) is 0 Å². The molecule has 1 aromatic carbocycles. The summed E-state index contributed by atoms with van der Waals surface area (Å²) in [4.78, 5) is 8.11. The van der Waals surface area contributed by atoms with E-state index in [1.54, 1.807) is 13.2 Å². The molecule has 94 valence electrons. The van der Waals surface area contributed by atoms with Gasteiger partial charge in [-0.1, -0.05) is 0 Å². The van der Waals surface area contributed by atoms with Crippen LogP contribution < -0.4 is 10.6 Å². The molecule has 1 aromatic heterocycles. The average molecular weight is 250 g/mol. The topological polar surface area (TPSA) is 49.8 Å². The zero-order chi connectivity index (χ0) is 13.0. The van der Waals surface area contributed by atoms with Crippen LogP contribution in [0.15, 0.2) is 30.6 Å². The van der Waals surface area contributed by atoms with Crippen LogP contribution in [0.4, 0.5) is 20.4 Å². The zero-order valence-corrected chi connectivity index (χ0v) is 9.74. The molecule has 0 bridgehead atoms. The molecule has 0 fully saturated rings.